The van der Waals surface area contributed by atoms with Gasteiger partial charge in [0.25, 0.3) is 7.41 Å². The van der Waals surface area contributed by atoms with E-state index in [1.807, 2.05) is 16.3 Å². The molecule has 1 fully saturated rings. The van der Waals surface area contributed by atoms with Crippen molar-refractivity contribution >= 4 is 40.9 Å². The minimum absolute atomic E-state index is 0.0230. The van der Waals surface area contributed by atoms with E-state index < -0.39 is 5.54 Å². The number of carbonyl (C=O) groups is 1. The number of hydrogen-bond donors (Lipinski definition) is 2. The fourth-order valence-corrected chi connectivity index (χ4v) is 3.85. The van der Waals surface area contributed by atoms with Crippen molar-refractivity contribution in [3.05, 3.63) is 20.8 Å². The van der Waals surface area contributed by atoms with Crippen LogP contribution in [-0.2, 0) is 10.3 Å². The highest BCUT2D eigenvalue weighted by molar-refractivity contribution is 9.10. The van der Waals surface area contributed by atoms with E-state index in [0.717, 1.165) is 15.5 Å². The number of hydrogen-bond acceptors (Lipinski definition) is 5. The highest BCUT2D eigenvalue weighted by Crippen LogP contribution is 2.38. The van der Waals surface area contributed by atoms with Crippen LogP contribution in [0.5, 0.6) is 0 Å². The number of carbonyl (C=O) groups excluding carboxylic acids is 1. The maximum absolute atomic E-state index is 10.5. The molecule has 3 N–H and O–H groups in total. The van der Waals surface area contributed by atoms with Gasteiger partial charge < -0.3 is 20.4 Å². The van der Waals surface area contributed by atoms with E-state index in [4.69, 9.17) is 5.73 Å². The number of nitrogens with zero attached hydrogens (tertiary/aromatic N) is 1. The van der Waals surface area contributed by atoms with Crippen LogP contribution in [0.1, 0.15) is 4.88 Å². The normalized spacial score (nSPS) is 29.5. The molecule has 2 rings (SSSR count). The van der Waals surface area contributed by atoms with Gasteiger partial charge in [-0.15, -0.1) is 11.3 Å². The van der Waals surface area contributed by atoms with Crippen molar-refractivity contribution in [2.75, 3.05) is 19.7 Å². The van der Waals surface area contributed by atoms with Crippen molar-refractivity contribution in [3.63, 3.8) is 0 Å². The predicted octanol–water partition coefficient (Wildman–Crippen LogP) is 0.398. The summed E-state index contributed by atoms with van der Waals surface area (Å²) < 4.78 is 0.997. The van der Waals surface area contributed by atoms with Crippen molar-refractivity contribution in [2.24, 2.45) is 11.7 Å². The van der Waals surface area contributed by atoms with Gasteiger partial charge in [-0.2, -0.15) is 0 Å². The molecule has 0 amide bonds. The second-order valence-electron chi connectivity index (χ2n) is 4.26. The Hall–Kier alpha value is -0.205. The van der Waals surface area contributed by atoms with Gasteiger partial charge in [-0.3, -0.25) is 0 Å². The van der Waals surface area contributed by atoms with Gasteiger partial charge in [-0.25, -0.2) is 0 Å². The Balaban J connectivity index is 2.25. The molecule has 2 unspecified atom stereocenters. The van der Waals surface area contributed by atoms with E-state index in [2.05, 4.69) is 15.9 Å². The molecule has 1 aromatic heterocycles. The molecule has 2 atom stereocenters. The SMILES string of the molecule is NC1(c2cc(Br)cs2)CN([B]C=O)CC1CO. The lowest BCUT2D eigenvalue weighted by Gasteiger charge is -2.28. The van der Waals surface area contributed by atoms with Crippen LogP contribution < -0.4 is 5.73 Å². The summed E-state index contributed by atoms with van der Waals surface area (Å²) in [6.07, 6.45) is 0.754. The molecule has 91 valence electrons. The summed E-state index contributed by atoms with van der Waals surface area (Å²) in [5, 5.41) is 11.4. The van der Waals surface area contributed by atoms with Crippen molar-refractivity contribution in [1.29, 1.82) is 0 Å². The third-order valence-electron chi connectivity index (χ3n) is 3.17. The number of aliphatic hydroxyl groups is 1. The monoisotopic (exact) mass is 315 g/mol. The van der Waals surface area contributed by atoms with E-state index in [1.165, 1.54) is 7.41 Å². The molecule has 1 aliphatic rings. The van der Waals surface area contributed by atoms with Gasteiger partial charge in [-0.1, -0.05) is 0 Å². The van der Waals surface area contributed by atoms with E-state index >= 15 is 0 Å². The number of halogens is 1. The molecule has 2 heterocycles. The minimum atomic E-state index is -0.578. The molecule has 0 aromatic carbocycles. The number of aliphatic hydroxyl groups excluding tert-OH is 1. The highest BCUT2D eigenvalue weighted by atomic mass is 79.9. The first-order valence-electron chi connectivity index (χ1n) is 5.27. The van der Waals surface area contributed by atoms with Gasteiger partial charge in [0.05, 0.1) is 11.7 Å². The van der Waals surface area contributed by atoms with Crippen LogP contribution in [0.25, 0.3) is 0 Å². The summed E-state index contributed by atoms with van der Waals surface area (Å²) in [6.45, 7) is 1.19. The van der Waals surface area contributed by atoms with E-state index in [1.54, 1.807) is 11.3 Å². The van der Waals surface area contributed by atoms with Crippen LogP contribution in [0.15, 0.2) is 15.9 Å². The summed E-state index contributed by atoms with van der Waals surface area (Å²) in [6, 6.07) is 1.98. The highest BCUT2D eigenvalue weighted by Gasteiger charge is 2.45. The fourth-order valence-electron chi connectivity index (χ4n) is 2.23. The summed E-state index contributed by atoms with van der Waals surface area (Å²) in [5.41, 5.74) is 5.84. The molecule has 1 saturated heterocycles. The van der Waals surface area contributed by atoms with Crippen LogP contribution in [0.2, 0.25) is 0 Å². The Morgan fingerprint density at radius 3 is 3.12 bits per heavy atom. The average Bonchev–Trinajstić information content (AvgIpc) is 2.84. The molecule has 1 aliphatic heterocycles. The van der Waals surface area contributed by atoms with Gasteiger partial charge in [0.1, 0.15) is 0 Å². The minimum Gasteiger partial charge on any atom is -0.396 e. The van der Waals surface area contributed by atoms with Crippen molar-refractivity contribution < 1.29 is 9.90 Å². The summed E-state index contributed by atoms with van der Waals surface area (Å²) in [7, 11) is 1.49. The zero-order valence-corrected chi connectivity index (χ0v) is 11.6. The Labute approximate surface area is 113 Å². The maximum Gasteiger partial charge on any atom is 0.293 e. The molecular weight excluding hydrogens is 303 g/mol. The lowest BCUT2D eigenvalue weighted by Crippen LogP contribution is -2.45. The first-order chi connectivity index (χ1) is 8.10. The molecule has 0 saturated carbocycles. The molecule has 0 bridgehead atoms. The molecule has 17 heavy (non-hydrogen) atoms. The smallest absolute Gasteiger partial charge is 0.293 e. The topological polar surface area (TPSA) is 66.6 Å². The molecule has 1 radical (unpaired) electrons. The first-order valence-corrected chi connectivity index (χ1v) is 6.94. The first kappa shape index (κ1) is 13.2. The van der Waals surface area contributed by atoms with E-state index in [0.29, 0.717) is 13.1 Å². The third-order valence-corrected chi connectivity index (χ3v) is 5.05. The maximum atomic E-state index is 10.5. The zero-order valence-electron chi connectivity index (χ0n) is 9.17. The molecule has 0 aliphatic carbocycles. The largest absolute Gasteiger partial charge is 0.396 e. The molecule has 0 spiro atoms. The third kappa shape index (κ3) is 2.48. The molecular formula is C10H13BBrN2O2S. The molecule has 4 nitrogen and oxygen atoms in total. The van der Waals surface area contributed by atoms with Gasteiger partial charge in [-0.05, 0) is 28.5 Å². The number of rotatable bonds is 4. The van der Waals surface area contributed by atoms with Crippen molar-refractivity contribution in [3.8, 4) is 0 Å². The van der Waals surface area contributed by atoms with Crippen LogP contribution >= 0.6 is 27.3 Å². The zero-order chi connectivity index (χ0) is 12.5. The molecule has 7 heteroatoms. The summed E-state index contributed by atoms with van der Waals surface area (Å²) in [5.74, 6) is -0.0516. The van der Waals surface area contributed by atoms with E-state index in [-0.39, 0.29) is 12.5 Å². The summed E-state index contributed by atoms with van der Waals surface area (Å²) >= 11 is 4.98. The van der Waals surface area contributed by atoms with E-state index in [9.17, 15) is 9.90 Å². The fraction of sp³-hybridized carbons (Fsp3) is 0.500. The second-order valence-corrected chi connectivity index (χ2v) is 6.09. The van der Waals surface area contributed by atoms with Gasteiger partial charge in [0.15, 0.2) is 0 Å². The van der Waals surface area contributed by atoms with Gasteiger partial charge in [0, 0.05) is 33.8 Å². The Morgan fingerprint density at radius 2 is 2.59 bits per heavy atom. The summed E-state index contributed by atoms with van der Waals surface area (Å²) in [4.78, 5) is 13.4. The molecule has 1 aromatic rings. The van der Waals surface area contributed by atoms with Gasteiger partial charge in [0.2, 0.25) is 0 Å². The number of thiophene rings is 1. The lowest BCUT2D eigenvalue weighted by molar-refractivity contribution is 0.188. The van der Waals surface area contributed by atoms with Crippen molar-refractivity contribution in [1.82, 2.24) is 4.81 Å². The van der Waals surface area contributed by atoms with Crippen LogP contribution in [-0.4, -0.2) is 43.2 Å². The predicted molar refractivity (Wildman–Crippen MR) is 72.5 cm³/mol. The van der Waals surface area contributed by atoms with Crippen LogP contribution in [0.3, 0.4) is 0 Å². The van der Waals surface area contributed by atoms with Crippen LogP contribution in [0, 0.1) is 5.92 Å². The van der Waals surface area contributed by atoms with Crippen LogP contribution in [0.4, 0.5) is 0 Å². The lowest BCUT2D eigenvalue weighted by atomic mass is 9.87. The Bertz CT molecular complexity index is 417. The quantitative estimate of drug-likeness (QED) is 0.623. The Kier molecular flexibility index (Phi) is 4.04. The van der Waals surface area contributed by atoms with Crippen molar-refractivity contribution in [2.45, 2.75) is 5.54 Å². The number of nitrogens with two attached hydrogens (primary N) is 1. The average molecular weight is 316 g/mol. The van der Waals surface area contributed by atoms with Gasteiger partial charge >= 0.3 is 0 Å². The Morgan fingerprint density at radius 1 is 1.82 bits per heavy atom. The second kappa shape index (κ2) is 5.20. The standard InChI is InChI=1S/C10H13BBrN2O2S/c12-8-1-9(17-4-8)10(13)5-14(11-6-16)2-7(10)3-15/h1,4,6-7,15H,2-3,5,13H2.